The minimum Gasteiger partial charge on any atom is -1.00 e. The zero-order chi connectivity index (χ0) is 14.5. The molecular formula is C15H22Cl2NO3-. The average Bonchev–Trinajstić information content (AvgIpc) is 2.37. The van der Waals surface area contributed by atoms with Crippen LogP contribution < -0.4 is 17.1 Å². The van der Waals surface area contributed by atoms with E-state index in [0.717, 1.165) is 18.8 Å². The van der Waals surface area contributed by atoms with Gasteiger partial charge in [0.05, 0.1) is 12.2 Å². The molecule has 3 unspecified atom stereocenters. The molecule has 120 valence electrons. The molecule has 1 fully saturated rings. The molecule has 1 heterocycles. The normalized spacial score (nSPS) is 24.2. The minimum atomic E-state index is -0.511. The van der Waals surface area contributed by atoms with Crippen LogP contribution in [0.3, 0.4) is 0 Å². The highest BCUT2D eigenvalue weighted by Crippen LogP contribution is 2.16. The SMILES string of the molecule is CC1CN(CC(O)COc2ccc(Cl)cc2)CC(C)O1.[Cl-]. The maximum absolute atomic E-state index is 10.1. The van der Waals surface area contributed by atoms with Crippen molar-refractivity contribution in [3.63, 3.8) is 0 Å². The van der Waals surface area contributed by atoms with Crippen LogP contribution in [-0.4, -0.2) is 54.6 Å². The first kappa shape index (κ1) is 18.5. The van der Waals surface area contributed by atoms with Crippen LogP contribution in [0.5, 0.6) is 5.75 Å². The van der Waals surface area contributed by atoms with Crippen molar-refractivity contribution in [1.29, 1.82) is 0 Å². The summed E-state index contributed by atoms with van der Waals surface area (Å²) in [5.41, 5.74) is 0. The lowest BCUT2D eigenvalue weighted by molar-refractivity contribution is -0.0786. The van der Waals surface area contributed by atoms with Crippen molar-refractivity contribution >= 4 is 11.6 Å². The highest BCUT2D eigenvalue weighted by molar-refractivity contribution is 6.30. The smallest absolute Gasteiger partial charge is 0.119 e. The van der Waals surface area contributed by atoms with E-state index in [4.69, 9.17) is 21.1 Å². The third-order valence-electron chi connectivity index (χ3n) is 3.22. The monoisotopic (exact) mass is 334 g/mol. The van der Waals surface area contributed by atoms with E-state index in [1.54, 1.807) is 24.3 Å². The summed E-state index contributed by atoms with van der Waals surface area (Å²) in [5.74, 6) is 0.720. The maximum Gasteiger partial charge on any atom is 0.119 e. The molecule has 2 rings (SSSR count). The Bertz CT molecular complexity index is 406. The Morgan fingerprint density at radius 3 is 2.43 bits per heavy atom. The lowest BCUT2D eigenvalue weighted by Crippen LogP contribution is -3.00. The van der Waals surface area contributed by atoms with E-state index in [-0.39, 0.29) is 31.2 Å². The Kier molecular flexibility index (Phi) is 7.77. The molecule has 3 atom stereocenters. The number of hydrogen-bond donors (Lipinski definition) is 1. The highest BCUT2D eigenvalue weighted by atomic mass is 35.5. The molecule has 0 aliphatic carbocycles. The predicted octanol–water partition coefficient (Wildman–Crippen LogP) is -0.807. The summed E-state index contributed by atoms with van der Waals surface area (Å²) in [5, 5.41) is 10.7. The summed E-state index contributed by atoms with van der Waals surface area (Å²) in [7, 11) is 0. The topological polar surface area (TPSA) is 41.9 Å². The molecule has 0 aromatic heterocycles. The van der Waals surface area contributed by atoms with Crippen LogP contribution in [0.25, 0.3) is 0 Å². The molecule has 21 heavy (non-hydrogen) atoms. The Morgan fingerprint density at radius 2 is 1.86 bits per heavy atom. The van der Waals surface area contributed by atoms with Gasteiger partial charge in [0, 0.05) is 24.7 Å². The fourth-order valence-corrected chi connectivity index (χ4v) is 2.63. The van der Waals surface area contributed by atoms with Crippen molar-refractivity contribution < 1.29 is 27.0 Å². The van der Waals surface area contributed by atoms with Gasteiger partial charge in [-0.1, -0.05) is 11.6 Å². The van der Waals surface area contributed by atoms with Crippen molar-refractivity contribution in [1.82, 2.24) is 4.90 Å². The third kappa shape index (κ3) is 6.41. The Labute approximate surface area is 137 Å². The second-order valence-electron chi connectivity index (χ2n) is 5.39. The number of rotatable bonds is 5. The Hall–Kier alpha value is -0.520. The van der Waals surface area contributed by atoms with Crippen LogP contribution in [0.4, 0.5) is 0 Å². The van der Waals surface area contributed by atoms with Crippen molar-refractivity contribution in [2.45, 2.75) is 32.2 Å². The Morgan fingerprint density at radius 1 is 1.29 bits per heavy atom. The van der Waals surface area contributed by atoms with E-state index in [1.165, 1.54) is 0 Å². The number of nitrogens with zero attached hydrogens (tertiary/aromatic N) is 1. The molecule has 1 saturated heterocycles. The lowest BCUT2D eigenvalue weighted by Gasteiger charge is -2.36. The second kappa shape index (κ2) is 8.81. The van der Waals surface area contributed by atoms with E-state index in [9.17, 15) is 5.11 Å². The fourth-order valence-electron chi connectivity index (χ4n) is 2.51. The molecule has 4 nitrogen and oxygen atoms in total. The molecule has 0 amide bonds. The number of ether oxygens (including phenoxy) is 2. The lowest BCUT2D eigenvalue weighted by atomic mass is 10.2. The zero-order valence-corrected chi connectivity index (χ0v) is 13.8. The molecule has 0 bridgehead atoms. The third-order valence-corrected chi connectivity index (χ3v) is 3.47. The van der Waals surface area contributed by atoms with Gasteiger partial charge in [-0.3, -0.25) is 4.90 Å². The van der Waals surface area contributed by atoms with E-state index >= 15 is 0 Å². The van der Waals surface area contributed by atoms with E-state index in [2.05, 4.69) is 18.7 Å². The van der Waals surface area contributed by atoms with Gasteiger partial charge in [-0.2, -0.15) is 0 Å². The molecule has 1 aliphatic rings. The van der Waals surface area contributed by atoms with Gasteiger partial charge >= 0.3 is 0 Å². The summed E-state index contributed by atoms with van der Waals surface area (Å²) < 4.78 is 11.2. The molecule has 1 aromatic carbocycles. The first-order valence-corrected chi connectivity index (χ1v) is 7.35. The van der Waals surface area contributed by atoms with Crippen LogP contribution >= 0.6 is 11.6 Å². The molecule has 1 N–H and O–H groups in total. The Balaban J connectivity index is 0.00000220. The van der Waals surface area contributed by atoms with Crippen molar-refractivity contribution in [2.24, 2.45) is 0 Å². The molecule has 1 aliphatic heterocycles. The number of β-amino-alcohol motifs (C(OH)–C–C–N with tert-alkyl or cyclic N) is 1. The molecule has 1 aromatic rings. The van der Waals surface area contributed by atoms with Gasteiger partial charge in [0.2, 0.25) is 0 Å². The van der Waals surface area contributed by atoms with Crippen LogP contribution in [-0.2, 0) is 4.74 Å². The van der Waals surface area contributed by atoms with Crippen molar-refractivity contribution in [3.8, 4) is 5.75 Å². The summed E-state index contributed by atoms with van der Waals surface area (Å²) in [6.07, 6.45) is -0.0885. The van der Waals surface area contributed by atoms with Gasteiger partial charge in [-0.25, -0.2) is 0 Å². The summed E-state index contributed by atoms with van der Waals surface area (Å²) in [4.78, 5) is 2.22. The number of hydrogen-bond acceptors (Lipinski definition) is 4. The van der Waals surface area contributed by atoms with Gasteiger partial charge in [-0.15, -0.1) is 0 Å². The molecule has 6 heteroatoms. The summed E-state index contributed by atoms with van der Waals surface area (Å²) >= 11 is 5.81. The molecule has 0 spiro atoms. The van der Waals surface area contributed by atoms with E-state index in [1.807, 2.05) is 0 Å². The largest absolute Gasteiger partial charge is 1.00 e. The summed E-state index contributed by atoms with van der Waals surface area (Å²) in [6, 6.07) is 7.14. The first-order valence-electron chi connectivity index (χ1n) is 6.97. The molecule has 0 radical (unpaired) electrons. The number of aliphatic hydroxyl groups excluding tert-OH is 1. The predicted molar refractivity (Wildman–Crippen MR) is 79.4 cm³/mol. The van der Waals surface area contributed by atoms with Gasteiger partial charge in [0.15, 0.2) is 0 Å². The number of morpholine rings is 1. The second-order valence-corrected chi connectivity index (χ2v) is 5.83. The van der Waals surface area contributed by atoms with E-state index < -0.39 is 6.10 Å². The quantitative estimate of drug-likeness (QED) is 0.765. The zero-order valence-electron chi connectivity index (χ0n) is 12.3. The van der Waals surface area contributed by atoms with Gasteiger partial charge < -0.3 is 27.0 Å². The number of benzene rings is 1. The molecular weight excluding hydrogens is 313 g/mol. The number of halogens is 2. The fraction of sp³-hybridized carbons (Fsp3) is 0.600. The van der Waals surface area contributed by atoms with Crippen LogP contribution in [0.1, 0.15) is 13.8 Å². The van der Waals surface area contributed by atoms with Gasteiger partial charge in [-0.05, 0) is 38.1 Å². The van der Waals surface area contributed by atoms with E-state index in [0.29, 0.717) is 11.6 Å². The van der Waals surface area contributed by atoms with Gasteiger partial charge in [0.25, 0.3) is 0 Å². The number of aliphatic hydroxyl groups is 1. The first-order chi connectivity index (χ1) is 9.52. The van der Waals surface area contributed by atoms with Crippen molar-refractivity contribution in [3.05, 3.63) is 29.3 Å². The minimum absolute atomic E-state index is 0. The summed E-state index contributed by atoms with van der Waals surface area (Å²) in [6.45, 7) is 6.69. The average molecular weight is 335 g/mol. The van der Waals surface area contributed by atoms with Crippen molar-refractivity contribution in [2.75, 3.05) is 26.2 Å². The van der Waals surface area contributed by atoms with Crippen LogP contribution in [0.15, 0.2) is 24.3 Å². The standard InChI is InChI=1S/C15H22ClNO3.ClH/c1-11-7-17(8-12(2)20-11)9-14(18)10-19-15-5-3-13(16)4-6-15;/h3-6,11-12,14,18H,7-10H2,1-2H3;1H/p-1. The molecule has 0 saturated carbocycles. The highest BCUT2D eigenvalue weighted by Gasteiger charge is 2.23. The maximum atomic E-state index is 10.1. The van der Waals surface area contributed by atoms with Crippen LogP contribution in [0, 0.1) is 0 Å². The van der Waals surface area contributed by atoms with Crippen LogP contribution in [0.2, 0.25) is 5.02 Å². The van der Waals surface area contributed by atoms with Gasteiger partial charge in [0.1, 0.15) is 18.5 Å².